The fraction of sp³-hybridized carbons (Fsp3) is 0.421. The first-order valence-corrected chi connectivity index (χ1v) is 8.63. The summed E-state index contributed by atoms with van der Waals surface area (Å²) in [5, 5.41) is 3.07. The molecule has 2 aromatic rings. The Hall–Kier alpha value is -2.27. The van der Waals surface area contributed by atoms with Gasteiger partial charge in [0.05, 0.1) is 11.7 Å². The van der Waals surface area contributed by atoms with Crippen LogP contribution in [0.2, 0.25) is 0 Å². The van der Waals surface area contributed by atoms with Gasteiger partial charge in [-0.25, -0.2) is 0 Å². The molecule has 0 aliphatic carbocycles. The molecule has 1 atom stereocenters. The van der Waals surface area contributed by atoms with E-state index < -0.39 is 0 Å². The maximum atomic E-state index is 12.6. The summed E-state index contributed by atoms with van der Waals surface area (Å²) in [5.74, 6) is 0.134. The van der Waals surface area contributed by atoms with Gasteiger partial charge < -0.3 is 5.32 Å². The van der Waals surface area contributed by atoms with E-state index in [1.165, 1.54) is 5.56 Å². The summed E-state index contributed by atoms with van der Waals surface area (Å²) < 4.78 is 0. The third kappa shape index (κ3) is 4.61. The molecule has 5 nitrogen and oxygen atoms in total. The molecule has 1 aromatic heterocycles. The van der Waals surface area contributed by atoms with Crippen molar-refractivity contribution in [1.29, 1.82) is 0 Å². The first kappa shape index (κ1) is 16.6. The van der Waals surface area contributed by atoms with E-state index >= 15 is 0 Å². The van der Waals surface area contributed by atoms with Crippen LogP contribution in [0.5, 0.6) is 0 Å². The van der Waals surface area contributed by atoms with E-state index in [-0.39, 0.29) is 11.9 Å². The molecule has 1 N–H and O–H groups in total. The van der Waals surface area contributed by atoms with Gasteiger partial charge in [0.2, 0.25) is 5.91 Å². The number of nitrogens with zero attached hydrogens (tertiary/aromatic N) is 3. The second-order valence-electron chi connectivity index (χ2n) is 6.21. The van der Waals surface area contributed by atoms with Crippen molar-refractivity contribution in [2.24, 2.45) is 0 Å². The highest BCUT2D eigenvalue weighted by Gasteiger charge is 2.28. The SMILES string of the molecule is O=C(NCCc1cnccn1)[C@H]1CCCCN1Cc1ccccc1. The van der Waals surface area contributed by atoms with Crippen LogP contribution < -0.4 is 5.32 Å². The zero-order valence-electron chi connectivity index (χ0n) is 13.9. The van der Waals surface area contributed by atoms with E-state index in [2.05, 4.69) is 44.5 Å². The molecule has 24 heavy (non-hydrogen) atoms. The van der Waals surface area contributed by atoms with Crippen LogP contribution >= 0.6 is 0 Å². The lowest BCUT2D eigenvalue weighted by atomic mass is 10.0. The minimum Gasteiger partial charge on any atom is -0.354 e. The van der Waals surface area contributed by atoms with Crippen molar-refractivity contribution in [3.8, 4) is 0 Å². The number of aromatic nitrogens is 2. The molecule has 1 saturated heterocycles. The maximum Gasteiger partial charge on any atom is 0.237 e. The van der Waals surface area contributed by atoms with Crippen molar-refractivity contribution >= 4 is 5.91 Å². The van der Waals surface area contributed by atoms with E-state index in [1.807, 2.05) is 6.07 Å². The number of carbonyl (C=O) groups excluding carboxylic acids is 1. The Bertz CT molecular complexity index is 632. The summed E-state index contributed by atoms with van der Waals surface area (Å²) in [6, 6.07) is 10.3. The van der Waals surface area contributed by atoms with Crippen molar-refractivity contribution in [3.63, 3.8) is 0 Å². The summed E-state index contributed by atoms with van der Waals surface area (Å²) >= 11 is 0. The number of benzene rings is 1. The first-order chi connectivity index (χ1) is 11.8. The van der Waals surface area contributed by atoms with Crippen LogP contribution in [0.1, 0.15) is 30.5 Å². The summed E-state index contributed by atoms with van der Waals surface area (Å²) in [7, 11) is 0. The molecule has 1 fully saturated rings. The van der Waals surface area contributed by atoms with Crippen LogP contribution in [0.4, 0.5) is 0 Å². The van der Waals surface area contributed by atoms with Crippen LogP contribution in [0.25, 0.3) is 0 Å². The van der Waals surface area contributed by atoms with E-state index in [4.69, 9.17) is 0 Å². The van der Waals surface area contributed by atoms with Crippen LogP contribution in [0, 0.1) is 0 Å². The van der Waals surface area contributed by atoms with Gasteiger partial charge in [-0.1, -0.05) is 36.8 Å². The maximum absolute atomic E-state index is 12.6. The molecule has 5 heteroatoms. The lowest BCUT2D eigenvalue weighted by Gasteiger charge is -2.34. The molecule has 0 unspecified atom stereocenters. The number of nitrogens with one attached hydrogen (secondary N) is 1. The van der Waals surface area contributed by atoms with Gasteiger partial charge in [0.25, 0.3) is 0 Å². The molecule has 126 valence electrons. The molecule has 1 aromatic carbocycles. The minimum atomic E-state index is -0.0270. The van der Waals surface area contributed by atoms with Gasteiger partial charge in [-0.3, -0.25) is 19.7 Å². The minimum absolute atomic E-state index is 0.0270. The van der Waals surface area contributed by atoms with Gasteiger partial charge in [-0.15, -0.1) is 0 Å². The van der Waals surface area contributed by atoms with Crippen molar-refractivity contribution < 1.29 is 4.79 Å². The van der Waals surface area contributed by atoms with Gasteiger partial charge in [-0.2, -0.15) is 0 Å². The Labute approximate surface area is 143 Å². The Kier molecular flexibility index (Phi) is 5.90. The van der Waals surface area contributed by atoms with Crippen molar-refractivity contribution in [3.05, 3.63) is 60.2 Å². The smallest absolute Gasteiger partial charge is 0.237 e. The second-order valence-corrected chi connectivity index (χ2v) is 6.21. The molecule has 0 spiro atoms. The Morgan fingerprint density at radius 3 is 2.88 bits per heavy atom. The number of hydrogen-bond donors (Lipinski definition) is 1. The highest BCUT2D eigenvalue weighted by molar-refractivity contribution is 5.81. The number of hydrogen-bond acceptors (Lipinski definition) is 4. The fourth-order valence-electron chi connectivity index (χ4n) is 3.19. The van der Waals surface area contributed by atoms with E-state index in [0.717, 1.165) is 38.0 Å². The zero-order chi connectivity index (χ0) is 16.6. The van der Waals surface area contributed by atoms with Gasteiger partial charge in [0, 0.05) is 38.1 Å². The third-order valence-electron chi connectivity index (χ3n) is 4.44. The summed E-state index contributed by atoms with van der Waals surface area (Å²) in [6.07, 6.45) is 9.01. The van der Waals surface area contributed by atoms with E-state index in [9.17, 15) is 4.79 Å². The van der Waals surface area contributed by atoms with Crippen LogP contribution in [-0.2, 0) is 17.8 Å². The van der Waals surface area contributed by atoms with Crippen LogP contribution in [0.15, 0.2) is 48.9 Å². The molecular weight excluding hydrogens is 300 g/mol. The van der Waals surface area contributed by atoms with Gasteiger partial charge >= 0.3 is 0 Å². The Morgan fingerprint density at radius 2 is 2.08 bits per heavy atom. The number of amides is 1. The standard InChI is InChI=1S/C19H24N4O/c24-19(22-10-9-17-14-20-11-12-21-17)18-8-4-5-13-23(18)15-16-6-2-1-3-7-16/h1-3,6-7,11-12,14,18H,4-5,8-10,13,15H2,(H,22,24)/t18-/m1/s1. The first-order valence-electron chi connectivity index (χ1n) is 8.63. The van der Waals surface area contributed by atoms with Crippen LogP contribution in [-0.4, -0.2) is 39.9 Å². The normalized spacial score (nSPS) is 18.2. The summed E-state index contributed by atoms with van der Waals surface area (Å²) in [4.78, 5) is 23.2. The number of carbonyl (C=O) groups is 1. The molecule has 2 heterocycles. The van der Waals surface area contributed by atoms with Gasteiger partial charge in [0.15, 0.2) is 0 Å². The summed E-state index contributed by atoms with van der Waals surface area (Å²) in [6.45, 7) is 2.42. The molecule has 1 amide bonds. The van der Waals surface area contributed by atoms with Gasteiger partial charge in [-0.05, 0) is 24.9 Å². The predicted octanol–water partition coefficient (Wildman–Crippen LogP) is 2.19. The lowest BCUT2D eigenvalue weighted by Crippen LogP contribution is -2.49. The molecule has 1 aliphatic rings. The highest BCUT2D eigenvalue weighted by Crippen LogP contribution is 2.19. The van der Waals surface area contributed by atoms with E-state index in [0.29, 0.717) is 13.0 Å². The molecule has 3 rings (SSSR count). The molecule has 0 saturated carbocycles. The van der Waals surface area contributed by atoms with E-state index in [1.54, 1.807) is 18.6 Å². The molecular formula is C19H24N4O. The summed E-state index contributed by atoms with van der Waals surface area (Å²) in [5.41, 5.74) is 2.17. The average molecular weight is 324 g/mol. The lowest BCUT2D eigenvalue weighted by molar-refractivity contribution is -0.127. The average Bonchev–Trinajstić information content (AvgIpc) is 2.64. The number of likely N-dealkylation sites (tertiary alicyclic amines) is 1. The Balaban J connectivity index is 1.53. The van der Waals surface area contributed by atoms with Gasteiger partial charge in [0.1, 0.15) is 0 Å². The monoisotopic (exact) mass is 324 g/mol. The Morgan fingerprint density at radius 1 is 1.21 bits per heavy atom. The zero-order valence-corrected chi connectivity index (χ0v) is 13.9. The number of piperidine rings is 1. The number of rotatable bonds is 6. The third-order valence-corrected chi connectivity index (χ3v) is 4.44. The fourth-order valence-corrected chi connectivity index (χ4v) is 3.19. The van der Waals surface area contributed by atoms with Crippen LogP contribution in [0.3, 0.4) is 0 Å². The second kappa shape index (κ2) is 8.55. The largest absolute Gasteiger partial charge is 0.354 e. The quantitative estimate of drug-likeness (QED) is 0.885. The topological polar surface area (TPSA) is 58.1 Å². The van der Waals surface area contributed by atoms with Crippen molar-refractivity contribution in [2.45, 2.75) is 38.3 Å². The van der Waals surface area contributed by atoms with Crippen molar-refractivity contribution in [2.75, 3.05) is 13.1 Å². The molecule has 1 aliphatic heterocycles. The highest BCUT2D eigenvalue weighted by atomic mass is 16.2. The molecule has 0 radical (unpaired) electrons. The van der Waals surface area contributed by atoms with Crippen molar-refractivity contribution in [1.82, 2.24) is 20.2 Å². The predicted molar refractivity (Wildman–Crippen MR) is 93.2 cm³/mol. The molecule has 0 bridgehead atoms.